The van der Waals surface area contributed by atoms with Gasteiger partial charge >= 0.3 is 5.97 Å². The molecular formula is C7H13N5O3. The summed E-state index contributed by atoms with van der Waals surface area (Å²) in [6, 6.07) is -0.755. The molecular weight excluding hydrogens is 202 g/mol. The maximum atomic E-state index is 10.8. The Labute approximate surface area is 86.2 Å². The number of anilines is 1. The number of carboxylic acid groups (broad SMARTS) is 1. The molecule has 0 aliphatic carbocycles. The Bertz CT molecular complexity index is 326. The first-order valence-electron chi connectivity index (χ1n) is 4.35. The van der Waals surface area contributed by atoms with Gasteiger partial charge in [-0.3, -0.25) is 0 Å². The summed E-state index contributed by atoms with van der Waals surface area (Å²) in [4.78, 5) is 10.8. The first-order valence-corrected chi connectivity index (χ1v) is 4.35. The van der Waals surface area contributed by atoms with Gasteiger partial charge in [0.25, 0.3) is 0 Å². The summed E-state index contributed by atoms with van der Waals surface area (Å²) in [6.07, 6.45) is 0.346. The van der Waals surface area contributed by atoms with Crippen LogP contribution in [0.1, 0.15) is 6.42 Å². The number of ether oxygens (including phenoxy) is 1. The smallest absolute Gasteiger partial charge is 0.326 e. The molecule has 1 aromatic heterocycles. The molecule has 0 aliphatic heterocycles. The van der Waals surface area contributed by atoms with E-state index in [1.54, 1.807) is 7.05 Å². The Morgan fingerprint density at radius 2 is 2.47 bits per heavy atom. The van der Waals surface area contributed by atoms with Gasteiger partial charge in [-0.1, -0.05) is 5.10 Å². The number of methoxy groups -OCH3 is 1. The number of tetrazole rings is 1. The molecule has 1 aromatic rings. The van der Waals surface area contributed by atoms with Crippen molar-refractivity contribution in [3.8, 4) is 0 Å². The van der Waals surface area contributed by atoms with E-state index in [0.717, 1.165) is 0 Å². The van der Waals surface area contributed by atoms with Gasteiger partial charge in [0.05, 0.1) is 0 Å². The molecule has 84 valence electrons. The van der Waals surface area contributed by atoms with Crippen molar-refractivity contribution in [3.63, 3.8) is 0 Å². The fourth-order valence-electron chi connectivity index (χ4n) is 1.00. The van der Waals surface area contributed by atoms with Crippen LogP contribution in [0, 0.1) is 0 Å². The molecule has 0 radical (unpaired) electrons. The summed E-state index contributed by atoms with van der Waals surface area (Å²) in [5.41, 5.74) is 0. The monoisotopic (exact) mass is 215 g/mol. The molecule has 8 nitrogen and oxygen atoms in total. The zero-order chi connectivity index (χ0) is 11.3. The summed E-state index contributed by atoms with van der Waals surface area (Å²) < 4.78 is 6.17. The van der Waals surface area contributed by atoms with Crippen molar-refractivity contribution in [2.24, 2.45) is 7.05 Å². The number of nitrogens with one attached hydrogen (secondary N) is 1. The van der Waals surface area contributed by atoms with E-state index in [1.807, 2.05) is 0 Å². The minimum Gasteiger partial charge on any atom is -0.480 e. The maximum Gasteiger partial charge on any atom is 0.326 e. The Morgan fingerprint density at radius 1 is 1.73 bits per heavy atom. The molecule has 0 amide bonds. The number of aliphatic carboxylic acids is 1. The van der Waals surface area contributed by atoms with Crippen molar-refractivity contribution in [2.75, 3.05) is 19.0 Å². The molecule has 0 saturated carbocycles. The minimum atomic E-state index is -0.963. The zero-order valence-corrected chi connectivity index (χ0v) is 8.54. The fraction of sp³-hybridized carbons (Fsp3) is 0.714. The van der Waals surface area contributed by atoms with Gasteiger partial charge in [-0.15, -0.1) is 0 Å². The van der Waals surface area contributed by atoms with E-state index in [-0.39, 0.29) is 0 Å². The summed E-state index contributed by atoms with van der Waals surface area (Å²) in [5.74, 6) is -0.645. The summed E-state index contributed by atoms with van der Waals surface area (Å²) in [6.45, 7) is 0.356. The van der Waals surface area contributed by atoms with Gasteiger partial charge in [-0.05, 0) is 10.4 Å². The van der Waals surface area contributed by atoms with Crippen molar-refractivity contribution >= 4 is 11.9 Å². The largest absolute Gasteiger partial charge is 0.480 e. The average Bonchev–Trinajstić information content (AvgIpc) is 2.58. The molecule has 1 unspecified atom stereocenters. The topological polar surface area (TPSA) is 102 Å². The predicted molar refractivity (Wildman–Crippen MR) is 50.3 cm³/mol. The summed E-state index contributed by atoms with van der Waals surface area (Å²) >= 11 is 0. The summed E-state index contributed by atoms with van der Waals surface area (Å²) in [5, 5.41) is 22.2. The van der Waals surface area contributed by atoms with Gasteiger partial charge in [-0.25, -0.2) is 9.48 Å². The number of aryl methyl sites for hydroxylation is 1. The number of hydrogen-bond donors (Lipinski definition) is 2. The SMILES string of the molecule is COCCC(Nc1nnnn1C)C(=O)O. The molecule has 2 N–H and O–H groups in total. The van der Waals surface area contributed by atoms with Crippen LogP contribution in [0.25, 0.3) is 0 Å². The van der Waals surface area contributed by atoms with Crippen molar-refractivity contribution in [1.82, 2.24) is 20.2 Å². The third kappa shape index (κ3) is 3.17. The van der Waals surface area contributed by atoms with Gasteiger partial charge in [0.2, 0.25) is 5.95 Å². The highest BCUT2D eigenvalue weighted by Gasteiger charge is 2.18. The van der Waals surface area contributed by atoms with E-state index in [0.29, 0.717) is 19.0 Å². The molecule has 0 saturated heterocycles. The Hall–Kier alpha value is -1.70. The van der Waals surface area contributed by atoms with Crippen molar-refractivity contribution < 1.29 is 14.6 Å². The van der Waals surface area contributed by atoms with Crippen molar-refractivity contribution in [2.45, 2.75) is 12.5 Å². The first kappa shape index (κ1) is 11.4. The van der Waals surface area contributed by atoms with E-state index in [1.165, 1.54) is 11.8 Å². The molecule has 1 rings (SSSR count). The second kappa shape index (κ2) is 5.25. The Balaban J connectivity index is 2.59. The summed E-state index contributed by atoms with van der Waals surface area (Å²) in [7, 11) is 3.14. The average molecular weight is 215 g/mol. The van der Waals surface area contributed by atoms with Gasteiger partial charge in [0.15, 0.2) is 0 Å². The van der Waals surface area contributed by atoms with Crippen LogP contribution in [-0.2, 0) is 16.6 Å². The molecule has 8 heteroatoms. The van der Waals surface area contributed by atoms with Crippen LogP contribution in [-0.4, -0.2) is 51.0 Å². The molecule has 1 atom stereocenters. The second-order valence-electron chi connectivity index (χ2n) is 2.94. The van der Waals surface area contributed by atoms with Crippen LogP contribution < -0.4 is 5.32 Å². The van der Waals surface area contributed by atoms with E-state index in [2.05, 4.69) is 20.8 Å². The molecule has 0 bridgehead atoms. The standard InChI is InChI=1S/C7H13N5O3/c1-12-7(9-10-11-12)8-5(6(13)14)3-4-15-2/h5H,3-4H2,1-2H3,(H,13,14)(H,8,9,11). The third-order valence-electron chi connectivity index (χ3n) is 1.83. The van der Waals surface area contributed by atoms with Crippen LogP contribution in [0.4, 0.5) is 5.95 Å². The highest BCUT2D eigenvalue weighted by atomic mass is 16.5. The van der Waals surface area contributed by atoms with Crippen molar-refractivity contribution in [1.29, 1.82) is 0 Å². The molecule has 0 aliphatic rings. The predicted octanol–water partition coefficient (Wildman–Crippen LogP) is -0.888. The number of carboxylic acids is 1. The number of rotatable bonds is 6. The van der Waals surface area contributed by atoms with Crippen LogP contribution in [0.3, 0.4) is 0 Å². The van der Waals surface area contributed by atoms with Gasteiger partial charge in [-0.2, -0.15) is 0 Å². The Kier molecular flexibility index (Phi) is 3.98. The van der Waals surface area contributed by atoms with Crippen LogP contribution >= 0.6 is 0 Å². The molecule has 0 spiro atoms. The van der Waals surface area contributed by atoms with E-state index < -0.39 is 12.0 Å². The lowest BCUT2D eigenvalue weighted by Gasteiger charge is -2.13. The zero-order valence-electron chi connectivity index (χ0n) is 8.54. The lowest BCUT2D eigenvalue weighted by molar-refractivity contribution is -0.138. The lowest BCUT2D eigenvalue weighted by atomic mass is 10.2. The van der Waals surface area contributed by atoms with Crippen molar-refractivity contribution in [3.05, 3.63) is 0 Å². The van der Waals surface area contributed by atoms with E-state index in [9.17, 15) is 4.79 Å². The minimum absolute atomic E-state index is 0.318. The number of hydrogen-bond acceptors (Lipinski definition) is 6. The van der Waals surface area contributed by atoms with Crippen LogP contribution in [0.15, 0.2) is 0 Å². The Morgan fingerprint density at radius 3 is 2.93 bits per heavy atom. The molecule has 15 heavy (non-hydrogen) atoms. The second-order valence-corrected chi connectivity index (χ2v) is 2.94. The lowest BCUT2D eigenvalue weighted by Crippen LogP contribution is -2.31. The van der Waals surface area contributed by atoms with Gasteiger partial charge in [0, 0.05) is 27.2 Å². The molecule has 1 heterocycles. The normalized spacial score (nSPS) is 12.4. The quantitative estimate of drug-likeness (QED) is 0.634. The number of carbonyl (C=O) groups is 1. The number of nitrogens with zero attached hydrogens (tertiary/aromatic N) is 4. The van der Waals surface area contributed by atoms with Gasteiger partial charge in [0.1, 0.15) is 6.04 Å². The van der Waals surface area contributed by atoms with E-state index >= 15 is 0 Å². The third-order valence-corrected chi connectivity index (χ3v) is 1.83. The molecule has 0 aromatic carbocycles. The first-order chi connectivity index (χ1) is 7.15. The van der Waals surface area contributed by atoms with E-state index in [4.69, 9.17) is 9.84 Å². The fourth-order valence-corrected chi connectivity index (χ4v) is 1.00. The van der Waals surface area contributed by atoms with Gasteiger partial charge < -0.3 is 15.2 Å². The van der Waals surface area contributed by atoms with Crippen LogP contribution in [0.2, 0.25) is 0 Å². The highest BCUT2D eigenvalue weighted by Crippen LogP contribution is 2.03. The number of aromatic nitrogens is 4. The maximum absolute atomic E-state index is 10.8. The molecule has 0 fully saturated rings. The highest BCUT2D eigenvalue weighted by molar-refractivity contribution is 5.76. The van der Waals surface area contributed by atoms with Crippen LogP contribution in [0.5, 0.6) is 0 Å².